The lowest BCUT2D eigenvalue weighted by Gasteiger charge is -2.29. The number of nitrogens with one attached hydrogen (secondary N) is 1. The molecule has 102 valence electrons. The highest BCUT2D eigenvalue weighted by Gasteiger charge is 2.42. The number of amides is 1. The molecule has 1 unspecified atom stereocenters. The zero-order valence-electron chi connectivity index (χ0n) is 10.3. The van der Waals surface area contributed by atoms with Crippen LogP contribution in [-0.2, 0) is 4.79 Å². The summed E-state index contributed by atoms with van der Waals surface area (Å²) in [7, 11) is 0. The summed E-state index contributed by atoms with van der Waals surface area (Å²) in [5.74, 6) is -1.83. The fraction of sp³-hybridized carbons (Fsp3) is 0.833. The van der Waals surface area contributed by atoms with Crippen molar-refractivity contribution in [2.45, 2.75) is 51.2 Å². The molecule has 1 amide bonds. The molecule has 6 heteroatoms. The minimum atomic E-state index is -4.14. The van der Waals surface area contributed by atoms with Gasteiger partial charge in [-0.25, -0.2) is 0 Å². The largest absolute Gasteiger partial charge is 0.391 e. The lowest BCUT2D eigenvalue weighted by atomic mass is 9.81. The van der Waals surface area contributed by atoms with Crippen molar-refractivity contribution in [1.29, 1.82) is 5.26 Å². The number of hydrogen-bond donors (Lipinski definition) is 1. The van der Waals surface area contributed by atoms with Crippen LogP contribution in [0.4, 0.5) is 13.2 Å². The highest BCUT2D eigenvalue weighted by molar-refractivity contribution is 5.79. The van der Waals surface area contributed by atoms with Crippen LogP contribution >= 0.6 is 0 Å². The smallest absolute Gasteiger partial charge is 0.352 e. The monoisotopic (exact) mass is 262 g/mol. The van der Waals surface area contributed by atoms with Crippen LogP contribution in [0.1, 0.15) is 39.0 Å². The molecule has 0 bridgehead atoms. The van der Waals surface area contributed by atoms with Gasteiger partial charge in [0.1, 0.15) is 0 Å². The van der Waals surface area contributed by atoms with E-state index in [0.29, 0.717) is 0 Å². The van der Waals surface area contributed by atoms with Crippen LogP contribution in [0.5, 0.6) is 0 Å². The fourth-order valence-corrected chi connectivity index (χ4v) is 2.23. The predicted molar refractivity (Wildman–Crippen MR) is 59.3 cm³/mol. The number of halogens is 3. The van der Waals surface area contributed by atoms with Gasteiger partial charge in [0.15, 0.2) is 0 Å². The Morgan fingerprint density at radius 2 is 1.94 bits per heavy atom. The standard InChI is InChI=1S/C12H17F3N2O/c1-8(6-7-16)17-11(18)9-2-4-10(5-3-9)12(13,14)15/h8-10H,2-6H2,1H3,(H,17,18). The summed E-state index contributed by atoms with van der Waals surface area (Å²) < 4.78 is 37.3. The quantitative estimate of drug-likeness (QED) is 0.850. The van der Waals surface area contributed by atoms with E-state index >= 15 is 0 Å². The van der Waals surface area contributed by atoms with Crippen molar-refractivity contribution in [2.24, 2.45) is 11.8 Å². The first-order valence-electron chi connectivity index (χ1n) is 6.08. The first-order valence-corrected chi connectivity index (χ1v) is 6.08. The molecule has 0 saturated heterocycles. The third kappa shape index (κ3) is 4.21. The number of carbonyl (C=O) groups excluding carboxylic acids is 1. The summed E-state index contributed by atoms with van der Waals surface area (Å²) >= 11 is 0. The third-order valence-electron chi connectivity index (χ3n) is 3.35. The van der Waals surface area contributed by atoms with Crippen LogP contribution in [0.25, 0.3) is 0 Å². The van der Waals surface area contributed by atoms with Crippen molar-refractivity contribution in [3.05, 3.63) is 0 Å². The van der Waals surface area contributed by atoms with Gasteiger partial charge in [0, 0.05) is 12.0 Å². The Morgan fingerprint density at radius 3 is 2.39 bits per heavy atom. The minimum absolute atomic E-state index is 0.0220. The molecular formula is C12H17F3N2O. The second kappa shape index (κ2) is 6.07. The van der Waals surface area contributed by atoms with Gasteiger partial charge in [-0.05, 0) is 32.6 Å². The molecule has 0 aromatic carbocycles. The maximum absolute atomic E-state index is 12.4. The Hall–Kier alpha value is -1.25. The molecule has 1 saturated carbocycles. The van der Waals surface area contributed by atoms with Crippen molar-refractivity contribution in [1.82, 2.24) is 5.32 Å². The second-order valence-corrected chi connectivity index (χ2v) is 4.86. The number of carbonyl (C=O) groups is 1. The lowest BCUT2D eigenvalue weighted by molar-refractivity contribution is -0.184. The number of hydrogen-bond acceptors (Lipinski definition) is 2. The Morgan fingerprint density at radius 1 is 1.39 bits per heavy atom. The first-order chi connectivity index (χ1) is 8.34. The number of rotatable bonds is 3. The molecule has 18 heavy (non-hydrogen) atoms. The molecule has 1 fully saturated rings. The topological polar surface area (TPSA) is 52.9 Å². The number of nitrogens with zero attached hydrogens (tertiary/aromatic N) is 1. The van der Waals surface area contributed by atoms with E-state index in [2.05, 4.69) is 5.32 Å². The van der Waals surface area contributed by atoms with Crippen molar-refractivity contribution in [2.75, 3.05) is 0 Å². The maximum Gasteiger partial charge on any atom is 0.391 e. The summed E-state index contributed by atoms with van der Waals surface area (Å²) in [6.45, 7) is 1.71. The van der Waals surface area contributed by atoms with Crippen molar-refractivity contribution in [3.8, 4) is 6.07 Å². The summed E-state index contributed by atoms with van der Waals surface area (Å²) in [4.78, 5) is 11.7. The highest BCUT2D eigenvalue weighted by Crippen LogP contribution is 2.39. The molecule has 0 spiro atoms. The van der Waals surface area contributed by atoms with E-state index in [-0.39, 0.29) is 50.0 Å². The molecular weight excluding hydrogens is 245 g/mol. The van der Waals surface area contributed by atoms with Crippen LogP contribution in [0.3, 0.4) is 0 Å². The molecule has 0 aliphatic heterocycles. The molecule has 1 aliphatic carbocycles. The molecule has 1 rings (SSSR count). The summed E-state index contributed by atoms with van der Waals surface area (Å²) in [6, 6.07) is 1.69. The minimum Gasteiger partial charge on any atom is -0.352 e. The zero-order valence-corrected chi connectivity index (χ0v) is 10.3. The van der Waals surface area contributed by atoms with E-state index in [1.54, 1.807) is 6.92 Å². The van der Waals surface area contributed by atoms with Crippen LogP contribution in [0.2, 0.25) is 0 Å². The summed E-state index contributed by atoms with van der Waals surface area (Å²) in [6.07, 6.45) is -3.34. The number of alkyl halides is 3. The summed E-state index contributed by atoms with van der Waals surface area (Å²) in [5.41, 5.74) is 0. The zero-order chi connectivity index (χ0) is 13.8. The molecule has 0 aromatic heterocycles. The molecule has 1 aliphatic rings. The van der Waals surface area contributed by atoms with Gasteiger partial charge in [0.05, 0.1) is 18.4 Å². The van der Waals surface area contributed by atoms with Crippen LogP contribution in [0, 0.1) is 23.2 Å². The second-order valence-electron chi connectivity index (χ2n) is 4.86. The van der Waals surface area contributed by atoms with Gasteiger partial charge in [0.25, 0.3) is 0 Å². The van der Waals surface area contributed by atoms with Gasteiger partial charge in [-0.15, -0.1) is 0 Å². The SMILES string of the molecule is CC(CC#N)NC(=O)C1CCC(C(F)(F)F)CC1. The maximum atomic E-state index is 12.4. The summed E-state index contributed by atoms with van der Waals surface area (Å²) in [5, 5.41) is 11.1. The van der Waals surface area contributed by atoms with Crippen LogP contribution in [-0.4, -0.2) is 18.1 Å². The molecule has 1 atom stereocenters. The Labute approximate surface area is 104 Å². The van der Waals surface area contributed by atoms with E-state index in [4.69, 9.17) is 5.26 Å². The number of nitriles is 1. The van der Waals surface area contributed by atoms with Gasteiger partial charge in [-0.2, -0.15) is 18.4 Å². The molecule has 1 N–H and O–H groups in total. The lowest BCUT2D eigenvalue weighted by Crippen LogP contribution is -2.39. The van der Waals surface area contributed by atoms with Gasteiger partial charge in [-0.1, -0.05) is 0 Å². The molecule has 0 radical (unpaired) electrons. The first kappa shape index (κ1) is 14.8. The Balaban J connectivity index is 2.39. The third-order valence-corrected chi connectivity index (χ3v) is 3.35. The van der Waals surface area contributed by atoms with Crippen LogP contribution in [0.15, 0.2) is 0 Å². The Kier molecular flexibility index (Phi) is 5.00. The van der Waals surface area contributed by atoms with Crippen molar-refractivity contribution < 1.29 is 18.0 Å². The molecule has 0 heterocycles. The predicted octanol–water partition coefficient (Wildman–Crippen LogP) is 2.77. The van der Waals surface area contributed by atoms with E-state index in [1.807, 2.05) is 6.07 Å². The van der Waals surface area contributed by atoms with Gasteiger partial charge < -0.3 is 5.32 Å². The normalized spacial score (nSPS) is 26.2. The Bertz CT molecular complexity index is 327. The van der Waals surface area contributed by atoms with E-state index in [9.17, 15) is 18.0 Å². The molecule has 3 nitrogen and oxygen atoms in total. The highest BCUT2D eigenvalue weighted by atomic mass is 19.4. The van der Waals surface area contributed by atoms with Gasteiger partial charge >= 0.3 is 6.18 Å². The fourth-order valence-electron chi connectivity index (χ4n) is 2.23. The van der Waals surface area contributed by atoms with Crippen LogP contribution < -0.4 is 5.32 Å². The van der Waals surface area contributed by atoms with Gasteiger partial charge in [-0.3, -0.25) is 4.79 Å². The van der Waals surface area contributed by atoms with Crippen molar-refractivity contribution in [3.63, 3.8) is 0 Å². The molecule has 0 aromatic rings. The van der Waals surface area contributed by atoms with Crippen molar-refractivity contribution >= 4 is 5.91 Å². The van der Waals surface area contributed by atoms with E-state index in [0.717, 1.165) is 0 Å². The average molecular weight is 262 g/mol. The van der Waals surface area contributed by atoms with E-state index in [1.165, 1.54) is 0 Å². The average Bonchev–Trinajstić information content (AvgIpc) is 2.28. The van der Waals surface area contributed by atoms with Gasteiger partial charge in [0.2, 0.25) is 5.91 Å². The van der Waals surface area contributed by atoms with E-state index < -0.39 is 12.1 Å².